The Bertz CT molecular complexity index is 405. The van der Waals surface area contributed by atoms with Crippen molar-refractivity contribution >= 4 is 21.7 Å². The van der Waals surface area contributed by atoms with Crippen LogP contribution >= 0.6 is 0 Å². The molecule has 1 aliphatic heterocycles. The lowest BCUT2D eigenvalue weighted by Gasteiger charge is -2.29. The van der Waals surface area contributed by atoms with Crippen LogP contribution in [-0.4, -0.2) is 55.8 Å². The fourth-order valence-corrected chi connectivity index (χ4v) is 2.46. The minimum Gasteiger partial charge on any atom is -0.298 e. The van der Waals surface area contributed by atoms with E-state index >= 15 is 0 Å². The molecule has 0 aromatic rings. The van der Waals surface area contributed by atoms with Crippen LogP contribution in [0.2, 0.25) is 0 Å². The number of carbonyl (C=O) groups excluding carboxylic acids is 2. The molecule has 0 aliphatic carbocycles. The highest BCUT2D eigenvalue weighted by atomic mass is 32.2. The second kappa shape index (κ2) is 5.59. The first-order chi connectivity index (χ1) is 7.87. The van der Waals surface area contributed by atoms with E-state index in [1.165, 1.54) is 0 Å². The summed E-state index contributed by atoms with van der Waals surface area (Å²) >= 11 is 0. The van der Waals surface area contributed by atoms with Crippen LogP contribution in [0.1, 0.15) is 20.3 Å². The van der Waals surface area contributed by atoms with E-state index in [2.05, 4.69) is 5.32 Å². The zero-order chi connectivity index (χ0) is 13.1. The van der Waals surface area contributed by atoms with E-state index in [-0.39, 0.29) is 42.5 Å². The van der Waals surface area contributed by atoms with Crippen molar-refractivity contribution < 1.29 is 18.0 Å². The van der Waals surface area contributed by atoms with Gasteiger partial charge in [0.2, 0.25) is 11.8 Å². The summed E-state index contributed by atoms with van der Waals surface area (Å²) in [5, 5.41) is 2.77. The molecular weight excluding hydrogens is 244 g/mol. The van der Waals surface area contributed by atoms with Gasteiger partial charge in [-0.1, -0.05) is 6.92 Å². The van der Waals surface area contributed by atoms with E-state index in [9.17, 15) is 18.0 Å². The maximum Gasteiger partial charge on any atom is 0.246 e. The molecule has 7 heteroatoms. The van der Waals surface area contributed by atoms with Crippen molar-refractivity contribution in [3.8, 4) is 0 Å². The van der Waals surface area contributed by atoms with E-state index in [0.717, 1.165) is 4.90 Å². The molecule has 1 heterocycles. The molecule has 1 unspecified atom stereocenters. The molecule has 0 aromatic heterocycles. The molecule has 0 bridgehead atoms. The van der Waals surface area contributed by atoms with Gasteiger partial charge in [0.05, 0.1) is 18.3 Å². The number of nitrogens with zero attached hydrogens (tertiary/aromatic N) is 1. The highest BCUT2D eigenvalue weighted by Crippen LogP contribution is 2.04. The van der Waals surface area contributed by atoms with Crippen LogP contribution in [0.25, 0.3) is 0 Å². The molecule has 1 saturated heterocycles. The van der Waals surface area contributed by atoms with Crippen molar-refractivity contribution in [3.63, 3.8) is 0 Å². The Balaban J connectivity index is 2.50. The third-order valence-corrected chi connectivity index (χ3v) is 4.56. The summed E-state index contributed by atoms with van der Waals surface area (Å²) in [6, 6.07) is -0.379. The van der Waals surface area contributed by atoms with E-state index < -0.39 is 9.84 Å². The maximum atomic E-state index is 11.7. The van der Waals surface area contributed by atoms with Crippen LogP contribution < -0.4 is 5.32 Å². The van der Waals surface area contributed by atoms with Gasteiger partial charge in [-0.2, -0.15) is 0 Å². The third kappa shape index (κ3) is 3.78. The summed E-state index contributed by atoms with van der Waals surface area (Å²) in [5.41, 5.74) is 0. The fourth-order valence-electron chi connectivity index (χ4n) is 1.60. The van der Waals surface area contributed by atoms with Gasteiger partial charge in [-0.3, -0.25) is 19.8 Å². The predicted molar refractivity (Wildman–Crippen MR) is 63.1 cm³/mol. The molecule has 0 saturated carbocycles. The van der Waals surface area contributed by atoms with Gasteiger partial charge < -0.3 is 0 Å². The van der Waals surface area contributed by atoms with Crippen LogP contribution in [-0.2, 0) is 19.4 Å². The average molecular weight is 262 g/mol. The summed E-state index contributed by atoms with van der Waals surface area (Å²) in [6.45, 7) is 3.58. The second-order valence-electron chi connectivity index (χ2n) is 4.08. The monoisotopic (exact) mass is 262 g/mol. The van der Waals surface area contributed by atoms with Crippen LogP contribution in [0.3, 0.4) is 0 Å². The highest BCUT2D eigenvalue weighted by molar-refractivity contribution is 7.91. The number of amides is 2. The normalized spacial score (nSPS) is 22.0. The van der Waals surface area contributed by atoms with Crippen molar-refractivity contribution in [2.24, 2.45) is 0 Å². The molecule has 98 valence electrons. The van der Waals surface area contributed by atoms with Crippen molar-refractivity contribution in [2.45, 2.75) is 26.3 Å². The molecule has 1 fully saturated rings. The lowest BCUT2D eigenvalue weighted by molar-refractivity contribution is -0.148. The molecular formula is C10H18N2O4S. The van der Waals surface area contributed by atoms with Gasteiger partial charge in [-0.25, -0.2) is 8.42 Å². The largest absolute Gasteiger partial charge is 0.298 e. The summed E-state index contributed by atoms with van der Waals surface area (Å²) in [4.78, 5) is 24.3. The first-order valence-electron chi connectivity index (χ1n) is 5.65. The standard InChI is InChI=1S/C10H18N2O4S/c1-3-17(15,16)6-4-5-12-9(13)7-11-8(2)10(12)14/h8,11H,3-7H2,1-2H3. The lowest BCUT2D eigenvalue weighted by atomic mass is 10.2. The Labute approximate surface area is 101 Å². The Kier molecular flexibility index (Phi) is 4.64. The number of imide groups is 1. The van der Waals surface area contributed by atoms with E-state index in [1.54, 1.807) is 13.8 Å². The second-order valence-corrected chi connectivity index (χ2v) is 6.55. The van der Waals surface area contributed by atoms with Gasteiger partial charge in [0.1, 0.15) is 9.84 Å². The fraction of sp³-hybridized carbons (Fsp3) is 0.800. The van der Waals surface area contributed by atoms with Crippen molar-refractivity contribution in [1.29, 1.82) is 0 Å². The molecule has 0 radical (unpaired) electrons. The molecule has 1 aliphatic rings. The average Bonchev–Trinajstić information content (AvgIpc) is 2.28. The lowest BCUT2D eigenvalue weighted by Crippen LogP contribution is -2.57. The van der Waals surface area contributed by atoms with E-state index in [0.29, 0.717) is 6.42 Å². The Morgan fingerprint density at radius 3 is 2.65 bits per heavy atom. The molecule has 6 nitrogen and oxygen atoms in total. The van der Waals surface area contributed by atoms with Crippen molar-refractivity contribution in [3.05, 3.63) is 0 Å². The first kappa shape index (κ1) is 14.1. The Hall–Kier alpha value is -0.950. The molecule has 1 N–H and O–H groups in total. The zero-order valence-corrected chi connectivity index (χ0v) is 10.9. The van der Waals surface area contributed by atoms with Gasteiger partial charge in [0.25, 0.3) is 0 Å². The Morgan fingerprint density at radius 2 is 2.06 bits per heavy atom. The number of carbonyl (C=O) groups is 2. The number of sulfone groups is 1. The smallest absolute Gasteiger partial charge is 0.246 e. The first-order valence-corrected chi connectivity index (χ1v) is 7.47. The minimum atomic E-state index is -3.03. The topological polar surface area (TPSA) is 83.6 Å². The van der Waals surface area contributed by atoms with Gasteiger partial charge in [-0.05, 0) is 13.3 Å². The third-order valence-electron chi connectivity index (χ3n) is 2.77. The number of rotatable bonds is 5. The summed E-state index contributed by atoms with van der Waals surface area (Å²) in [5.74, 6) is -0.466. The molecule has 17 heavy (non-hydrogen) atoms. The quantitative estimate of drug-likeness (QED) is 0.653. The number of nitrogens with one attached hydrogen (secondary N) is 1. The van der Waals surface area contributed by atoms with E-state index in [1.807, 2.05) is 0 Å². The maximum absolute atomic E-state index is 11.7. The van der Waals surface area contributed by atoms with Crippen LogP contribution in [0.4, 0.5) is 0 Å². The predicted octanol–water partition coefficient (Wildman–Crippen LogP) is -0.842. The minimum absolute atomic E-state index is 0.0162. The summed E-state index contributed by atoms with van der Waals surface area (Å²) in [7, 11) is -3.03. The molecule has 2 amide bonds. The van der Waals surface area contributed by atoms with Gasteiger partial charge in [0, 0.05) is 12.3 Å². The van der Waals surface area contributed by atoms with Gasteiger partial charge >= 0.3 is 0 Å². The van der Waals surface area contributed by atoms with Crippen molar-refractivity contribution in [1.82, 2.24) is 10.2 Å². The zero-order valence-electron chi connectivity index (χ0n) is 10.1. The molecule has 0 aromatic carbocycles. The number of piperazine rings is 1. The van der Waals surface area contributed by atoms with Crippen LogP contribution in [0, 0.1) is 0 Å². The van der Waals surface area contributed by atoms with Crippen LogP contribution in [0.5, 0.6) is 0 Å². The summed E-state index contributed by atoms with van der Waals surface area (Å²) in [6.07, 6.45) is 0.306. The van der Waals surface area contributed by atoms with Gasteiger partial charge in [0.15, 0.2) is 0 Å². The Morgan fingerprint density at radius 1 is 1.41 bits per heavy atom. The summed E-state index contributed by atoms with van der Waals surface area (Å²) < 4.78 is 22.5. The molecule has 1 rings (SSSR count). The highest BCUT2D eigenvalue weighted by Gasteiger charge is 2.30. The van der Waals surface area contributed by atoms with Crippen LogP contribution in [0.15, 0.2) is 0 Å². The number of hydrogen-bond donors (Lipinski definition) is 1. The van der Waals surface area contributed by atoms with Gasteiger partial charge in [-0.15, -0.1) is 0 Å². The molecule has 1 atom stereocenters. The van der Waals surface area contributed by atoms with Crippen molar-refractivity contribution in [2.75, 3.05) is 24.6 Å². The number of hydrogen-bond acceptors (Lipinski definition) is 5. The van der Waals surface area contributed by atoms with E-state index in [4.69, 9.17) is 0 Å². The molecule has 0 spiro atoms. The SMILES string of the molecule is CCS(=O)(=O)CCCN1C(=O)CNC(C)C1=O.